The molecule has 4 heteroatoms. The lowest BCUT2D eigenvalue weighted by molar-refractivity contribution is -0.118. The van der Waals surface area contributed by atoms with Gasteiger partial charge in [0.05, 0.1) is 5.69 Å². The van der Waals surface area contributed by atoms with Crippen LogP contribution in [0.25, 0.3) is 0 Å². The van der Waals surface area contributed by atoms with Crippen molar-refractivity contribution < 1.29 is 14.6 Å². The summed E-state index contributed by atoms with van der Waals surface area (Å²) >= 11 is 0. The van der Waals surface area contributed by atoms with Gasteiger partial charge in [0.15, 0.2) is 6.61 Å². The molecule has 1 aliphatic rings. The summed E-state index contributed by atoms with van der Waals surface area (Å²) in [5.41, 5.74) is 1.70. The summed E-state index contributed by atoms with van der Waals surface area (Å²) in [6, 6.07) is 5.54. The highest BCUT2D eigenvalue weighted by Gasteiger charge is 2.16. The molecule has 1 amide bonds. The van der Waals surface area contributed by atoms with Gasteiger partial charge in [-0.15, -0.1) is 0 Å². The second-order valence-electron chi connectivity index (χ2n) is 3.68. The van der Waals surface area contributed by atoms with E-state index < -0.39 is 0 Å². The number of benzene rings is 1. The number of aliphatic hydroxyl groups excluding tert-OH is 1. The molecule has 0 spiro atoms. The van der Waals surface area contributed by atoms with Gasteiger partial charge in [-0.05, 0) is 17.7 Å². The quantitative estimate of drug-likeness (QED) is 0.763. The molecule has 0 bridgehead atoms. The molecule has 0 radical (unpaired) electrons. The van der Waals surface area contributed by atoms with Crippen LogP contribution in [0.3, 0.4) is 0 Å². The molecular weight excluding hydrogens is 194 g/mol. The third kappa shape index (κ3) is 1.94. The minimum absolute atomic E-state index is 0.0595. The first-order valence-electron chi connectivity index (χ1n) is 4.88. The van der Waals surface area contributed by atoms with E-state index in [4.69, 9.17) is 9.84 Å². The number of ether oxygens (including phenoxy) is 1. The third-order valence-corrected chi connectivity index (χ3v) is 2.48. The van der Waals surface area contributed by atoms with Crippen molar-refractivity contribution in [3.05, 3.63) is 23.8 Å². The number of anilines is 1. The largest absolute Gasteiger partial charge is 0.482 e. The smallest absolute Gasteiger partial charge is 0.262 e. The Hall–Kier alpha value is -1.55. The van der Waals surface area contributed by atoms with Crippen molar-refractivity contribution in [1.82, 2.24) is 0 Å². The van der Waals surface area contributed by atoms with Gasteiger partial charge in [-0.2, -0.15) is 0 Å². The molecule has 0 aliphatic carbocycles. The summed E-state index contributed by atoms with van der Waals surface area (Å²) in [6.45, 7) is 2.10. The van der Waals surface area contributed by atoms with Crippen LogP contribution in [0.15, 0.2) is 18.2 Å². The van der Waals surface area contributed by atoms with Gasteiger partial charge in [-0.3, -0.25) is 4.79 Å². The zero-order valence-electron chi connectivity index (χ0n) is 8.49. The van der Waals surface area contributed by atoms with E-state index in [9.17, 15) is 4.79 Å². The Labute approximate surface area is 87.9 Å². The maximum Gasteiger partial charge on any atom is 0.262 e. The van der Waals surface area contributed by atoms with E-state index in [-0.39, 0.29) is 25.0 Å². The summed E-state index contributed by atoms with van der Waals surface area (Å²) in [7, 11) is 0. The summed E-state index contributed by atoms with van der Waals surface area (Å²) in [5, 5.41) is 11.7. The molecule has 1 heterocycles. The summed E-state index contributed by atoms with van der Waals surface area (Å²) in [6.07, 6.45) is 0. The van der Waals surface area contributed by atoms with Crippen molar-refractivity contribution in [2.24, 2.45) is 0 Å². The van der Waals surface area contributed by atoms with Crippen molar-refractivity contribution in [3.8, 4) is 5.75 Å². The minimum Gasteiger partial charge on any atom is -0.482 e. The fourth-order valence-corrected chi connectivity index (χ4v) is 1.50. The normalized spacial score (nSPS) is 16.3. The van der Waals surface area contributed by atoms with Gasteiger partial charge in [-0.1, -0.05) is 13.0 Å². The average Bonchev–Trinajstić information content (AvgIpc) is 2.27. The molecule has 2 N–H and O–H groups in total. The molecular formula is C11H13NO3. The van der Waals surface area contributed by atoms with Crippen LogP contribution in [-0.2, 0) is 4.79 Å². The number of nitrogens with one attached hydrogen (secondary N) is 1. The highest BCUT2D eigenvalue weighted by molar-refractivity contribution is 5.95. The fourth-order valence-electron chi connectivity index (χ4n) is 1.50. The van der Waals surface area contributed by atoms with Crippen LogP contribution >= 0.6 is 0 Å². The van der Waals surface area contributed by atoms with Crippen LogP contribution in [0, 0.1) is 0 Å². The maximum atomic E-state index is 11.0. The lowest BCUT2D eigenvalue weighted by Crippen LogP contribution is -2.25. The molecule has 0 saturated heterocycles. The Kier molecular flexibility index (Phi) is 2.60. The van der Waals surface area contributed by atoms with Gasteiger partial charge in [0.1, 0.15) is 5.75 Å². The van der Waals surface area contributed by atoms with Gasteiger partial charge < -0.3 is 15.2 Å². The number of hydrogen-bond donors (Lipinski definition) is 2. The van der Waals surface area contributed by atoms with Gasteiger partial charge in [0, 0.05) is 12.5 Å². The van der Waals surface area contributed by atoms with Gasteiger partial charge in [0.25, 0.3) is 5.91 Å². The Morgan fingerprint density at radius 3 is 3.13 bits per heavy atom. The van der Waals surface area contributed by atoms with E-state index in [1.165, 1.54) is 0 Å². The topological polar surface area (TPSA) is 58.6 Å². The fraction of sp³-hybridized carbons (Fsp3) is 0.364. The molecule has 1 aromatic carbocycles. The van der Waals surface area contributed by atoms with Crippen molar-refractivity contribution >= 4 is 11.6 Å². The van der Waals surface area contributed by atoms with E-state index in [0.29, 0.717) is 11.4 Å². The van der Waals surface area contributed by atoms with Crippen LogP contribution in [-0.4, -0.2) is 24.2 Å². The minimum atomic E-state index is -0.134. The van der Waals surface area contributed by atoms with E-state index in [0.717, 1.165) is 5.56 Å². The summed E-state index contributed by atoms with van der Waals surface area (Å²) in [5.74, 6) is 0.620. The molecule has 1 atom stereocenters. The van der Waals surface area contributed by atoms with Crippen molar-refractivity contribution in [3.63, 3.8) is 0 Å². The predicted molar refractivity (Wildman–Crippen MR) is 56.1 cm³/mol. The Morgan fingerprint density at radius 2 is 2.40 bits per heavy atom. The first-order valence-corrected chi connectivity index (χ1v) is 4.88. The number of rotatable bonds is 2. The van der Waals surface area contributed by atoms with Crippen molar-refractivity contribution in [2.45, 2.75) is 12.8 Å². The number of aliphatic hydroxyl groups is 1. The van der Waals surface area contributed by atoms with Gasteiger partial charge >= 0.3 is 0 Å². The molecule has 1 unspecified atom stereocenters. The van der Waals surface area contributed by atoms with Crippen LogP contribution in [0.2, 0.25) is 0 Å². The van der Waals surface area contributed by atoms with Gasteiger partial charge in [0.2, 0.25) is 0 Å². The first kappa shape index (κ1) is 9.98. The number of fused-ring (bicyclic) bond motifs is 1. The first-order chi connectivity index (χ1) is 7.20. The van der Waals surface area contributed by atoms with E-state index in [1.807, 2.05) is 19.1 Å². The Morgan fingerprint density at radius 1 is 1.60 bits per heavy atom. The van der Waals surface area contributed by atoms with Crippen LogP contribution in [0.1, 0.15) is 18.4 Å². The van der Waals surface area contributed by atoms with Crippen LogP contribution < -0.4 is 10.1 Å². The zero-order chi connectivity index (χ0) is 10.8. The van der Waals surface area contributed by atoms with Crippen molar-refractivity contribution in [2.75, 3.05) is 18.5 Å². The van der Waals surface area contributed by atoms with Gasteiger partial charge in [-0.25, -0.2) is 0 Å². The van der Waals surface area contributed by atoms with Crippen molar-refractivity contribution in [1.29, 1.82) is 0 Å². The Balaban J connectivity index is 2.30. The average molecular weight is 207 g/mol. The molecule has 2 rings (SSSR count). The molecule has 1 aromatic rings. The molecule has 80 valence electrons. The molecule has 4 nitrogen and oxygen atoms in total. The summed E-state index contributed by atoms with van der Waals surface area (Å²) in [4.78, 5) is 11.0. The second-order valence-corrected chi connectivity index (χ2v) is 3.68. The summed E-state index contributed by atoms with van der Waals surface area (Å²) < 4.78 is 5.28. The highest BCUT2D eigenvalue weighted by Crippen LogP contribution is 2.30. The number of carbonyl (C=O) groups excluding carboxylic acids is 1. The SMILES string of the molecule is CC(CO)c1ccc2c(c1)OCC(=O)N2. The van der Waals surface area contributed by atoms with E-state index in [1.54, 1.807) is 6.07 Å². The highest BCUT2D eigenvalue weighted by atomic mass is 16.5. The second kappa shape index (κ2) is 3.90. The molecule has 15 heavy (non-hydrogen) atoms. The zero-order valence-corrected chi connectivity index (χ0v) is 8.49. The molecule has 0 fully saturated rings. The molecule has 0 aromatic heterocycles. The van der Waals surface area contributed by atoms with E-state index >= 15 is 0 Å². The molecule has 0 saturated carbocycles. The number of amides is 1. The predicted octanol–water partition coefficient (Wildman–Crippen LogP) is 1.11. The third-order valence-electron chi connectivity index (χ3n) is 2.48. The van der Waals surface area contributed by atoms with Crippen LogP contribution in [0.5, 0.6) is 5.75 Å². The monoisotopic (exact) mass is 207 g/mol. The van der Waals surface area contributed by atoms with E-state index in [2.05, 4.69) is 5.32 Å². The lowest BCUT2D eigenvalue weighted by atomic mass is 10.0. The number of carbonyl (C=O) groups is 1. The van der Waals surface area contributed by atoms with Crippen LogP contribution in [0.4, 0.5) is 5.69 Å². The molecule has 1 aliphatic heterocycles. The Bertz CT molecular complexity index is 389. The standard InChI is InChI=1S/C11H13NO3/c1-7(5-13)8-2-3-9-10(4-8)15-6-11(14)12-9/h2-4,7,13H,5-6H2,1H3,(H,12,14). The lowest BCUT2D eigenvalue weighted by Gasteiger charge is -2.19. The number of hydrogen-bond acceptors (Lipinski definition) is 3. The maximum absolute atomic E-state index is 11.0.